The number of rotatable bonds is 7. The monoisotopic (exact) mass is 408 g/mol. The molecule has 1 heterocycles. The van der Waals surface area contributed by atoms with Crippen molar-refractivity contribution < 1.29 is 13.5 Å². The van der Waals surface area contributed by atoms with Gasteiger partial charge in [-0.05, 0) is 60.0 Å². The minimum Gasteiger partial charge on any atom is -0.494 e. The average molecular weight is 408 g/mol. The van der Waals surface area contributed by atoms with Crippen LogP contribution in [0.25, 0.3) is 0 Å². The Morgan fingerprint density at radius 2 is 1.20 bits per heavy atom. The maximum absolute atomic E-state index is 13.5. The topological polar surface area (TPSA) is 15.7 Å². The summed E-state index contributed by atoms with van der Waals surface area (Å²) < 4.78 is 32.4. The summed E-state index contributed by atoms with van der Waals surface area (Å²) in [5, 5.41) is 0. The maximum Gasteiger partial charge on any atom is 0.123 e. The molecule has 1 saturated heterocycles. The van der Waals surface area contributed by atoms with Gasteiger partial charge in [-0.3, -0.25) is 9.80 Å². The van der Waals surface area contributed by atoms with E-state index in [-0.39, 0.29) is 17.8 Å². The predicted octanol–water partition coefficient (Wildman–Crippen LogP) is 5.38. The summed E-state index contributed by atoms with van der Waals surface area (Å²) >= 11 is 0. The smallest absolute Gasteiger partial charge is 0.123 e. The summed E-state index contributed by atoms with van der Waals surface area (Å²) in [6, 6.07) is 21.6. The van der Waals surface area contributed by atoms with E-state index in [4.69, 9.17) is 4.74 Å². The second kappa shape index (κ2) is 9.37. The lowest BCUT2D eigenvalue weighted by Crippen LogP contribution is -2.30. The number of nitrogens with zero attached hydrogens (tertiary/aromatic N) is 2. The van der Waals surface area contributed by atoms with Crippen molar-refractivity contribution in [3.63, 3.8) is 0 Å². The highest BCUT2D eigenvalue weighted by molar-refractivity contribution is 5.28. The van der Waals surface area contributed by atoms with Crippen LogP contribution in [0.2, 0.25) is 0 Å². The van der Waals surface area contributed by atoms with Crippen LogP contribution in [-0.4, -0.2) is 29.5 Å². The van der Waals surface area contributed by atoms with E-state index in [2.05, 4.69) is 21.9 Å². The molecule has 0 bridgehead atoms. The van der Waals surface area contributed by atoms with E-state index in [1.165, 1.54) is 29.8 Å². The van der Waals surface area contributed by atoms with Crippen LogP contribution in [0.1, 0.15) is 29.8 Å². The Morgan fingerprint density at radius 3 is 1.70 bits per heavy atom. The van der Waals surface area contributed by atoms with Gasteiger partial charge in [-0.25, -0.2) is 8.78 Å². The van der Waals surface area contributed by atoms with Crippen molar-refractivity contribution >= 4 is 0 Å². The molecule has 0 N–H and O–H groups in total. The van der Waals surface area contributed by atoms with Crippen molar-refractivity contribution in [1.82, 2.24) is 9.80 Å². The van der Waals surface area contributed by atoms with Crippen molar-refractivity contribution in [2.45, 2.75) is 26.2 Å². The SMILES string of the molecule is CCOc1ccc(CN2CCN(Cc3ccc(F)cc3)C2c2ccc(F)cc2)cc1. The van der Waals surface area contributed by atoms with E-state index in [1.54, 1.807) is 0 Å². The van der Waals surface area contributed by atoms with Gasteiger partial charge in [0.1, 0.15) is 17.4 Å². The fourth-order valence-electron chi connectivity index (χ4n) is 4.04. The zero-order chi connectivity index (χ0) is 20.9. The molecule has 1 unspecified atom stereocenters. The Morgan fingerprint density at radius 1 is 0.733 bits per heavy atom. The molecule has 0 aromatic heterocycles. The van der Waals surface area contributed by atoms with Crippen LogP contribution < -0.4 is 4.74 Å². The first kappa shape index (κ1) is 20.5. The molecular formula is C25H26F2N2O. The standard InChI is InChI=1S/C25H26F2N2O/c1-2-30-24-13-5-20(6-14-24)18-29-16-15-28(17-19-3-9-22(26)10-4-19)25(29)21-7-11-23(27)12-8-21/h3-14,25H,2,15-18H2,1H3. The van der Waals surface area contributed by atoms with Gasteiger partial charge in [0.05, 0.1) is 12.8 Å². The minimum absolute atomic E-state index is 0.0298. The first-order valence-corrected chi connectivity index (χ1v) is 10.3. The second-order valence-electron chi connectivity index (χ2n) is 7.57. The van der Waals surface area contributed by atoms with Crippen LogP contribution in [0.3, 0.4) is 0 Å². The molecular weight excluding hydrogens is 382 g/mol. The van der Waals surface area contributed by atoms with Gasteiger partial charge < -0.3 is 4.74 Å². The van der Waals surface area contributed by atoms with Crippen molar-refractivity contribution in [1.29, 1.82) is 0 Å². The Kier molecular flexibility index (Phi) is 6.41. The number of halogens is 2. The van der Waals surface area contributed by atoms with Crippen LogP contribution in [0, 0.1) is 11.6 Å². The zero-order valence-electron chi connectivity index (χ0n) is 17.1. The Balaban J connectivity index is 1.55. The summed E-state index contributed by atoms with van der Waals surface area (Å²) in [5.41, 5.74) is 3.32. The first-order valence-electron chi connectivity index (χ1n) is 10.3. The molecule has 0 spiro atoms. The predicted molar refractivity (Wildman–Crippen MR) is 114 cm³/mol. The minimum atomic E-state index is -0.236. The van der Waals surface area contributed by atoms with E-state index in [0.717, 1.165) is 36.5 Å². The summed E-state index contributed by atoms with van der Waals surface area (Å²) in [6.07, 6.45) is 0.0298. The molecule has 4 rings (SSSR count). The summed E-state index contributed by atoms with van der Waals surface area (Å²) in [7, 11) is 0. The van der Waals surface area contributed by atoms with Gasteiger partial charge in [-0.2, -0.15) is 0 Å². The summed E-state index contributed by atoms with van der Waals surface area (Å²) in [4.78, 5) is 4.75. The molecule has 1 aliphatic heterocycles. The van der Waals surface area contributed by atoms with Crippen molar-refractivity contribution in [2.75, 3.05) is 19.7 Å². The molecule has 1 fully saturated rings. The highest BCUT2D eigenvalue weighted by atomic mass is 19.1. The first-order chi connectivity index (χ1) is 14.6. The molecule has 1 aliphatic rings. The summed E-state index contributed by atoms with van der Waals surface area (Å²) in [6.45, 7) is 5.90. The van der Waals surface area contributed by atoms with Gasteiger partial charge >= 0.3 is 0 Å². The van der Waals surface area contributed by atoms with Crippen molar-refractivity contribution in [3.8, 4) is 5.75 Å². The quantitative estimate of drug-likeness (QED) is 0.522. The fraction of sp³-hybridized carbons (Fsp3) is 0.280. The maximum atomic E-state index is 13.5. The second-order valence-corrected chi connectivity index (χ2v) is 7.57. The van der Waals surface area contributed by atoms with Gasteiger partial charge in [0.15, 0.2) is 0 Å². The molecule has 3 aromatic rings. The van der Waals surface area contributed by atoms with Crippen molar-refractivity contribution in [2.24, 2.45) is 0 Å². The lowest BCUT2D eigenvalue weighted by Gasteiger charge is -2.31. The van der Waals surface area contributed by atoms with Crippen LogP contribution in [0.15, 0.2) is 72.8 Å². The molecule has 0 saturated carbocycles. The normalized spacial score (nSPS) is 17.4. The molecule has 0 aliphatic carbocycles. The van der Waals surface area contributed by atoms with Gasteiger partial charge in [0.25, 0.3) is 0 Å². The van der Waals surface area contributed by atoms with Gasteiger partial charge in [0, 0.05) is 26.2 Å². The Hall–Kier alpha value is -2.76. The van der Waals surface area contributed by atoms with Crippen LogP contribution in [-0.2, 0) is 13.1 Å². The number of benzene rings is 3. The van der Waals surface area contributed by atoms with Gasteiger partial charge in [-0.15, -0.1) is 0 Å². The third-order valence-electron chi connectivity index (χ3n) is 5.45. The largest absolute Gasteiger partial charge is 0.494 e. The number of hydrogen-bond acceptors (Lipinski definition) is 3. The van der Waals surface area contributed by atoms with E-state index >= 15 is 0 Å². The Labute approximate surface area is 176 Å². The lowest BCUT2D eigenvalue weighted by atomic mass is 10.1. The van der Waals surface area contributed by atoms with Crippen molar-refractivity contribution in [3.05, 3.63) is 101 Å². The Bertz CT molecular complexity index is 942. The number of ether oxygens (including phenoxy) is 1. The molecule has 1 atom stereocenters. The molecule has 3 nitrogen and oxygen atoms in total. The van der Waals surface area contributed by atoms with Gasteiger partial charge in [0.2, 0.25) is 0 Å². The molecule has 3 aromatic carbocycles. The van der Waals surface area contributed by atoms with E-state index in [9.17, 15) is 8.78 Å². The van der Waals surface area contributed by atoms with Crippen LogP contribution >= 0.6 is 0 Å². The summed E-state index contributed by atoms with van der Waals surface area (Å²) in [5.74, 6) is 0.406. The fourth-order valence-corrected chi connectivity index (χ4v) is 4.04. The molecule has 0 radical (unpaired) electrons. The third-order valence-corrected chi connectivity index (χ3v) is 5.45. The molecule has 156 valence electrons. The van der Waals surface area contributed by atoms with E-state index in [1.807, 2.05) is 43.3 Å². The zero-order valence-corrected chi connectivity index (χ0v) is 17.1. The molecule has 30 heavy (non-hydrogen) atoms. The molecule has 0 amide bonds. The van der Waals surface area contributed by atoms with Gasteiger partial charge in [-0.1, -0.05) is 36.4 Å². The average Bonchev–Trinajstić information content (AvgIpc) is 3.14. The highest BCUT2D eigenvalue weighted by Gasteiger charge is 2.33. The van der Waals surface area contributed by atoms with Crippen LogP contribution in [0.4, 0.5) is 8.78 Å². The highest BCUT2D eigenvalue weighted by Crippen LogP contribution is 2.33. The third kappa shape index (κ3) is 4.86. The number of hydrogen-bond donors (Lipinski definition) is 0. The molecule has 5 heteroatoms. The van der Waals surface area contributed by atoms with E-state index in [0.29, 0.717) is 13.2 Å². The van der Waals surface area contributed by atoms with E-state index < -0.39 is 0 Å². The lowest BCUT2D eigenvalue weighted by molar-refractivity contribution is 0.125. The van der Waals surface area contributed by atoms with Crippen LogP contribution in [0.5, 0.6) is 5.75 Å².